The van der Waals surface area contributed by atoms with Gasteiger partial charge in [-0.05, 0) is 44.5 Å². The maximum Gasteiger partial charge on any atom is 0.207 e. The molecule has 3 nitrogen and oxygen atoms in total. The molecule has 0 bridgehead atoms. The summed E-state index contributed by atoms with van der Waals surface area (Å²) in [6.45, 7) is 3.83. The van der Waals surface area contributed by atoms with Gasteiger partial charge in [0.05, 0.1) is 4.90 Å². The molecule has 1 aromatic carbocycles. The number of sulfone groups is 1. The Labute approximate surface area is 88.5 Å². The van der Waals surface area contributed by atoms with Gasteiger partial charge >= 0.3 is 0 Å². The Balaban J connectivity index is 3.36. The van der Waals surface area contributed by atoms with Crippen molar-refractivity contribution in [2.45, 2.75) is 30.6 Å². The fraction of sp³-hybridized carbons (Fsp3) is 0.400. The molecule has 0 heterocycles. The van der Waals surface area contributed by atoms with Gasteiger partial charge in [0.25, 0.3) is 0 Å². The molecule has 0 unspecified atom stereocenters. The Kier molecular flexibility index (Phi) is 2.89. The van der Waals surface area contributed by atoms with E-state index in [1.54, 1.807) is 0 Å². The van der Waals surface area contributed by atoms with Crippen LogP contribution in [-0.2, 0) is 9.84 Å². The number of halogens is 1. The first-order chi connectivity index (χ1) is 6.66. The molecule has 15 heavy (non-hydrogen) atoms. The number of hydrogen-bond donors (Lipinski definition) is 1. The molecule has 0 fully saturated rings. The van der Waals surface area contributed by atoms with Gasteiger partial charge in [-0.3, -0.25) is 0 Å². The zero-order valence-electron chi connectivity index (χ0n) is 8.78. The van der Waals surface area contributed by atoms with E-state index in [9.17, 15) is 17.9 Å². The summed E-state index contributed by atoms with van der Waals surface area (Å²) < 4.78 is 36.4. The number of aryl methyl sites for hydroxylation is 1. The average Bonchev–Trinajstić information content (AvgIpc) is 2.07. The molecule has 1 aromatic rings. The van der Waals surface area contributed by atoms with Crippen molar-refractivity contribution >= 4 is 9.84 Å². The summed E-state index contributed by atoms with van der Waals surface area (Å²) >= 11 is 0. The molecular weight excluding hydrogens is 219 g/mol. The minimum atomic E-state index is -3.83. The zero-order valence-corrected chi connectivity index (χ0v) is 9.60. The van der Waals surface area contributed by atoms with E-state index >= 15 is 0 Å². The summed E-state index contributed by atoms with van der Waals surface area (Å²) in [7, 11) is -3.83. The number of aliphatic hydroxyl groups is 1. The van der Waals surface area contributed by atoms with Crippen molar-refractivity contribution in [3.05, 3.63) is 29.6 Å². The Morgan fingerprint density at radius 2 is 1.87 bits per heavy atom. The van der Waals surface area contributed by atoms with Crippen LogP contribution in [0.2, 0.25) is 0 Å². The van der Waals surface area contributed by atoms with E-state index in [1.807, 2.05) is 0 Å². The Morgan fingerprint density at radius 3 is 2.27 bits per heavy atom. The van der Waals surface area contributed by atoms with Crippen molar-refractivity contribution in [1.29, 1.82) is 0 Å². The normalized spacial score (nSPS) is 12.9. The second kappa shape index (κ2) is 3.57. The summed E-state index contributed by atoms with van der Waals surface area (Å²) in [4.78, 5) is -1.94. The van der Waals surface area contributed by atoms with Gasteiger partial charge in [0.15, 0.2) is 4.93 Å². The molecule has 0 aliphatic rings. The van der Waals surface area contributed by atoms with E-state index < -0.39 is 20.6 Å². The van der Waals surface area contributed by atoms with Crippen LogP contribution in [0.15, 0.2) is 23.1 Å². The van der Waals surface area contributed by atoms with Gasteiger partial charge in [-0.15, -0.1) is 0 Å². The van der Waals surface area contributed by atoms with Crippen LogP contribution in [0.4, 0.5) is 4.39 Å². The van der Waals surface area contributed by atoms with Crippen LogP contribution in [0.5, 0.6) is 0 Å². The first-order valence-corrected chi connectivity index (χ1v) is 5.88. The smallest absolute Gasteiger partial charge is 0.207 e. The van der Waals surface area contributed by atoms with Crippen molar-refractivity contribution in [1.82, 2.24) is 0 Å². The molecule has 0 aromatic heterocycles. The minimum Gasteiger partial charge on any atom is -0.374 e. The molecule has 0 radical (unpaired) electrons. The van der Waals surface area contributed by atoms with E-state index in [0.29, 0.717) is 0 Å². The summed E-state index contributed by atoms with van der Waals surface area (Å²) in [6, 6.07) is 3.44. The van der Waals surface area contributed by atoms with Crippen molar-refractivity contribution in [2.75, 3.05) is 0 Å². The maximum atomic E-state index is 12.9. The van der Waals surface area contributed by atoms with Gasteiger partial charge < -0.3 is 5.11 Å². The molecule has 0 saturated heterocycles. The number of benzene rings is 1. The quantitative estimate of drug-likeness (QED) is 0.788. The van der Waals surface area contributed by atoms with Crippen LogP contribution in [0.3, 0.4) is 0 Å². The summed E-state index contributed by atoms with van der Waals surface area (Å²) in [5.41, 5.74) is 0.236. The highest BCUT2D eigenvalue weighted by molar-refractivity contribution is 7.92. The van der Waals surface area contributed by atoms with Gasteiger partial charge in [-0.2, -0.15) is 0 Å². The lowest BCUT2D eigenvalue weighted by Crippen LogP contribution is -2.31. The van der Waals surface area contributed by atoms with Crippen LogP contribution in [-0.4, -0.2) is 18.5 Å². The molecule has 1 rings (SSSR count). The minimum absolute atomic E-state index is 0.0751. The highest BCUT2D eigenvalue weighted by atomic mass is 32.2. The second-order valence-corrected chi connectivity index (χ2v) is 6.34. The lowest BCUT2D eigenvalue weighted by Gasteiger charge is -2.18. The van der Waals surface area contributed by atoms with Crippen molar-refractivity contribution in [3.63, 3.8) is 0 Å². The molecule has 0 atom stereocenters. The largest absolute Gasteiger partial charge is 0.374 e. The zero-order chi connectivity index (χ0) is 11.9. The Morgan fingerprint density at radius 1 is 1.33 bits per heavy atom. The van der Waals surface area contributed by atoms with Crippen molar-refractivity contribution in [3.8, 4) is 0 Å². The van der Waals surface area contributed by atoms with Gasteiger partial charge in [0.1, 0.15) is 5.82 Å². The SMILES string of the molecule is Cc1cc(S(=O)(=O)C(C)(C)O)ccc1F. The van der Waals surface area contributed by atoms with E-state index in [4.69, 9.17) is 0 Å². The number of hydrogen-bond acceptors (Lipinski definition) is 3. The van der Waals surface area contributed by atoms with Gasteiger partial charge in [0, 0.05) is 0 Å². The van der Waals surface area contributed by atoms with E-state index in [0.717, 1.165) is 12.1 Å². The van der Waals surface area contributed by atoms with Gasteiger partial charge in [-0.1, -0.05) is 0 Å². The predicted molar refractivity (Wildman–Crippen MR) is 54.6 cm³/mol. The third kappa shape index (κ3) is 2.18. The van der Waals surface area contributed by atoms with E-state index in [1.165, 1.54) is 26.8 Å². The molecular formula is C10H13FO3S. The van der Waals surface area contributed by atoms with Crippen LogP contribution < -0.4 is 0 Å². The molecule has 5 heteroatoms. The lowest BCUT2D eigenvalue weighted by molar-refractivity contribution is 0.165. The second-order valence-electron chi connectivity index (χ2n) is 3.86. The van der Waals surface area contributed by atoms with E-state index in [-0.39, 0.29) is 10.5 Å². The van der Waals surface area contributed by atoms with Crippen LogP contribution >= 0.6 is 0 Å². The topological polar surface area (TPSA) is 54.4 Å². The van der Waals surface area contributed by atoms with Crippen molar-refractivity contribution < 1.29 is 17.9 Å². The van der Waals surface area contributed by atoms with Crippen LogP contribution in [0, 0.1) is 12.7 Å². The first kappa shape index (κ1) is 12.1. The average molecular weight is 232 g/mol. The lowest BCUT2D eigenvalue weighted by atomic mass is 10.2. The molecule has 1 N–H and O–H groups in total. The summed E-state index contributed by atoms with van der Waals surface area (Å²) in [5.74, 6) is -0.468. The highest BCUT2D eigenvalue weighted by Gasteiger charge is 2.33. The highest BCUT2D eigenvalue weighted by Crippen LogP contribution is 2.24. The molecule has 0 amide bonds. The first-order valence-electron chi connectivity index (χ1n) is 4.39. The van der Waals surface area contributed by atoms with Gasteiger partial charge in [-0.25, -0.2) is 12.8 Å². The standard InChI is InChI=1S/C10H13FO3S/c1-7-6-8(4-5-9(7)11)15(13,14)10(2,3)12/h4-6,12H,1-3H3. The maximum absolute atomic E-state index is 12.9. The van der Waals surface area contributed by atoms with Crippen LogP contribution in [0.25, 0.3) is 0 Å². The fourth-order valence-corrected chi connectivity index (χ4v) is 2.23. The third-order valence-corrected chi connectivity index (χ3v) is 4.29. The Bertz CT molecular complexity index is 472. The number of rotatable bonds is 2. The molecule has 0 saturated carbocycles. The molecule has 0 aliphatic carbocycles. The van der Waals surface area contributed by atoms with Crippen molar-refractivity contribution in [2.24, 2.45) is 0 Å². The third-order valence-electron chi connectivity index (χ3n) is 2.10. The predicted octanol–water partition coefficient (Wildman–Crippen LogP) is 1.64. The molecule has 0 spiro atoms. The monoisotopic (exact) mass is 232 g/mol. The van der Waals surface area contributed by atoms with E-state index in [2.05, 4.69) is 0 Å². The Hall–Kier alpha value is -0.940. The fourth-order valence-electron chi connectivity index (χ4n) is 1.07. The van der Waals surface area contributed by atoms with Gasteiger partial charge in [0.2, 0.25) is 9.84 Å². The summed E-state index contributed by atoms with van der Waals surface area (Å²) in [5, 5.41) is 9.48. The molecule has 84 valence electrons. The molecule has 0 aliphatic heterocycles. The summed E-state index contributed by atoms with van der Waals surface area (Å²) in [6.07, 6.45) is 0. The van der Waals surface area contributed by atoms with Crippen LogP contribution in [0.1, 0.15) is 19.4 Å².